The van der Waals surface area contributed by atoms with Gasteiger partial charge in [-0.1, -0.05) is 18.2 Å². The first kappa shape index (κ1) is 27.8. The first-order valence-electron chi connectivity index (χ1n) is 11.5. The monoisotopic (exact) mass is 570 g/mol. The molecule has 4 rings (SSSR count). The van der Waals surface area contributed by atoms with Crippen molar-refractivity contribution in [1.82, 2.24) is 13.8 Å². The Morgan fingerprint density at radius 2 is 1.79 bits per heavy atom. The molecule has 1 saturated heterocycles. The average Bonchev–Trinajstić information content (AvgIpc) is 3.48. The van der Waals surface area contributed by atoms with Gasteiger partial charge in [0.2, 0.25) is 0 Å². The van der Waals surface area contributed by atoms with Crippen molar-refractivity contribution in [3.8, 4) is 5.75 Å². The van der Waals surface area contributed by atoms with E-state index in [1.165, 1.54) is 33.1 Å². The van der Waals surface area contributed by atoms with Crippen molar-refractivity contribution in [2.75, 3.05) is 32.7 Å². The van der Waals surface area contributed by atoms with Crippen molar-refractivity contribution in [1.29, 1.82) is 0 Å². The molecule has 0 radical (unpaired) electrons. The van der Waals surface area contributed by atoms with E-state index in [2.05, 4.69) is 4.74 Å². The number of ether oxygens (including phenoxy) is 1. The van der Waals surface area contributed by atoms with Crippen molar-refractivity contribution in [2.45, 2.75) is 24.0 Å². The van der Waals surface area contributed by atoms with Crippen LogP contribution in [0.5, 0.6) is 5.75 Å². The molecule has 2 N–H and O–H groups in total. The molecule has 3 heterocycles. The number of thiophene rings is 1. The number of carbonyl (C=O) groups excluding carboxylic acids is 2. The molecule has 1 fully saturated rings. The summed E-state index contributed by atoms with van der Waals surface area (Å²) in [5.41, 5.74) is 6.60. The van der Waals surface area contributed by atoms with Crippen LogP contribution in [0.2, 0.25) is 0 Å². The highest BCUT2D eigenvalue weighted by Gasteiger charge is 2.32. The smallest absolute Gasteiger partial charge is 0.406 e. The summed E-state index contributed by atoms with van der Waals surface area (Å²) in [6.07, 6.45) is -4.85. The van der Waals surface area contributed by atoms with E-state index < -0.39 is 28.0 Å². The predicted octanol–water partition coefficient (Wildman–Crippen LogP) is 3.09. The fourth-order valence-electron chi connectivity index (χ4n) is 4.30. The number of piperazine rings is 1. The van der Waals surface area contributed by atoms with E-state index in [4.69, 9.17) is 5.73 Å². The van der Waals surface area contributed by atoms with Crippen LogP contribution >= 0.6 is 11.3 Å². The molecule has 204 valence electrons. The molecular weight excluding hydrogens is 545 g/mol. The number of halogens is 3. The third kappa shape index (κ3) is 6.26. The number of nitrogens with zero attached hydrogens (tertiary/aromatic N) is 3. The van der Waals surface area contributed by atoms with Crippen LogP contribution in [0.1, 0.15) is 32.1 Å². The van der Waals surface area contributed by atoms with Gasteiger partial charge >= 0.3 is 6.36 Å². The van der Waals surface area contributed by atoms with Crippen molar-refractivity contribution in [3.63, 3.8) is 0 Å². The number of sulfonamides is 1. The quantitative estimate of drug-likeness (QED) is 0.396. The highest BCUT2D eigenvalue weighted by Crippen LogP contribution is 2.26. The molecule has 9 nitrogen and oxygen atoms in total. The van der Waals surface area contributed by atoms with Crippen LogP contribution < -0.4 is 10.5 Å². The topological polar surface area (TPSA) is 115 Å². The Morgan fingerprint density at radius 3 is 2.39 bits per heavy atom. The number of nitrogens with two attached hydrogens (primary N) is 1. The van der Waals surface area contributed by atoms with Gasteiger partial charge < -0.3 is 15.0 Å². The number of benzene rings is 1. The minimum Gasteiger partial charge on any atom is -0.406 e. The van der Waals surface area contributed by atoms with Gasteiger partial charge in [-0.25, -0.2) is 8.42 Å². The van der Waals surface area contributed by atoms with Gasteiger partial charge in [-0.15, -0.1) is 24.5 Å². The molecule has 2 aromatic heterocycles. The standard InChI is InChI=1S/C24H25F3N4O5S2/c1-16-19(23(28)33)13-20(31(16)14-17-4-2-5-18(12-17)36-24(25,26)27)21(32)15-29-7-9-30(10-8-29)38(34,35)22-6-3-11-37-22/h2-6,11-13H,7-10,14-15H2,1H3,(H2,28,33). The number of aromatic nitrogens is 1. The van der Waals surface area contributed by atoms with E-state index in [1.54, 1.807) is 30.5 Å². The van der Waals surface area contributed by atoms with Crippen LogP contribution in [0, 0.1) is 6.92 Å². The van der Waals surface area contributed by atoms with Crippen LogP contribution in [-0.2, 0) is 16.6 Å². The second-order valence-electron chi connectivity index (χ2n) is 8.71. The number of primary amides is 1. The second-order valence-corrected chi connectivity index (χ2v) is 11.8. The molecule has 38 heavy (non-hydrogen) atoms. The van der Waals surface area contributed by atoms with Crippen LogP contribution in [0.25, 0.3) is 0 Å². The number of carbonyl (C=O) groups is 2. The maximum Gasteiger partial charge on any atom is 0.573 e. The van der Waals surface area contributed by atoms with Gasteiger partial charge in [0, 0.05) is 38.4 Å². The Bertz CT molecular complexity index is 1430. The zero-order valence-electron chi connectivity index (χ0n) is 20.3. The molecule has 0 aliphatic carbocycles. The number of rotatable bonds is 9. The first-order chi connectivity index (χ1) is 17.8. The normalized spacial score (nSPS) is 15.5. The number of ketones is 1. The number of hydrogen-bond donors (Lipinski definition) is 1. The SMILES string of the molecule is Cc1c(C(N)=O)cc(C(=O)CN2CCN(S(=O)(=O)c3cccs3)CC2)n1Cc1cccc(OC(F)(F)F)c1. The van der Waals surface area contributed by atoms with E-state index in [1.807, 2.05) is 4.90 Å². The lowest BCUT2D eigenvalue weighted by Crippen LogP contribution is -2.49. The minimum absolute atomic E-state index is 0.00206. The van der Waals surface area contributed by atoms with Gasteiger partial charge in [0.05, 0.1) is 17.8 Å². The van der Waals surface area contributed by atoms with Crippen LogP contribution in [0.3, 0.4) is 0 Å². The Labute approximate surface area is 221 Å². The molecule has 1 aromatic carbocycles. The zero-order chi connectivity index (χ0) is 27.7. The fraction of sp³-hybridized carbons (Fsp3) is 0.333. The highest BCUT2D eigenvalue weighted by molar-refractivity contribution is 7.91. The van der Waals surface area contributed by atoms with E-state index >= 15 is 0 Å². The molecule has 0 unspecified atom stereocenters. The lowest BCUT2D eigenvalue weighted by molar-refractivity contribution is -0.274. The fourth-order valence-corrected chi connectivity index (χ4v) is 6.87. The number of alkyl halides is 3. The molecule has 1 aliphatic rings. The summed E-state index contributed by atoms with van der Waals surface area (Å²) in [7, 11) is -3.59. The van der Waals surface area contributed by atoms with Crippen molar-refractivity contribution >= 4 is 33.1 Å². The molecular formula is C24H25F3N4O5S2. The maximum absolute atomic E-state index is 13.3. The summed E-state index contributed by atoms with van der Waals surface area (Å²) in [5, 5.41) is 1.69. The van der Waals surface area contributed by atoms with E-state index in [-0.39, 0.29) is 47.4 Å². The molecule has 0 bridgehead atoms. The van der Waals surface area contributed by atoms with Crippen molar-refractivity contribution in [3.05, 3.63) is 70.4 Å². The van der Waals surface area contributed by atoms with E-state index in [9.17, 15) is 31.2 Å². The third-order valence-electron chi connectivity index (χ3n) is 6.18. The lowest BCUT2D eigenvalue weighted by atomic mass is 10.2. The van der Waals surface area contributed by atoms with E-state index in [0.717, 1.165) is 11.3 Å². The van der Waals surface area contributed by atoms with Gasteiger partial charge in [0.25, 0.3) is 15.9 Å². The molecule has 0 saturated carbocycles. The van der Waals surface area contributed by atoms with Crippen LogP contribution in [0.15, 0.2) is 52.1 Å². The summed E-state index contributed by atoms with van der Waals surface area (Å²) in [6, 6.07) is 9.95. The number of Topliss-reactive ketones (excluding diaryl/α,β-unsaturated/α-hetero) is 1. The summed E-state index contributed by atoms with van der Waals surface area (Å²) in [6.45, 7) is 2.65. The van der Waals surface area contributed by atoms with Crippen LogP contribution in [-0.4, -0.2) is 73.0 Å². The molecule has 1 amide bonds. The summed E-state index contributed by atoms with van der Waals surface area (Å²) >= 11 is 1.14. The third-order valence-corrected chi connectivity index (χ3v) is 9.45. The lowest BCUT2D eigenvalue weighted by Gasteiger charge is -2.33. The Balaban J connectivity index is 1.50. The summed E-state index contributed by atoms with van der Waals surface area (Å²) in [5.74, 6) is -1.48. The molecule has 3 aromatic rings. The largest absolute Gasteiger partial charge is 0.573 e. The molecule has 0 spiro atoms. The summed E-state index contributed by atoms with van der Waals surface area (Å²) < 4.78 is 70.6. The van der Waals surface area contributed by atoms with Gasteiger partial charge in [0.15, 0.2) is 5.78 Å². The van der Waals surface area contributed by atoms with Gasteiger partial charge in [-0.05, 0) is 42.1 Å². The van der Waals surface area contributed by atoms with Gasteiger partial charge in [-0.3, -0.25) is 14.5 Å². The van der Waals surface area contributed by atoms with Crippen molar-refractivity contribution < 1.29 is 35.9 Å². The van der Waals surface area contributed by atoms with Crippen LogP contribution in [0.4, 0.5) is 13.2 Å². The highest BCUT2D eigenvalue weighted by atomic mass is 32.2. The molecule has 14 heteroatoms. The average molecular weight is 571 g/mol. The maximum atomic E-state index is 13.3. The summed E-state index contributed by atoms with van der Waals surface area (Å²) in [4.78, 5) is 27.1. The van der Waals surface area contributed by atoms with Gasteiger partial charge in [-0.2, -0.15) is 4.31 Å². The minimum atomic E-state index is -4.85. The van der Waals surface area contributed by atoms with Gasteiger partial charge in [0.1, 0.15) is 9.96 Å². The zero-order valence-corrected chi connectivity index (χ0v) is 21.9. The molecule has 0 atom stereocenters. The Kier molecular flexibility index (Phi) is 7.97. The second kappa shape index (κ2) is 10.9. The number of hydrogen-bond acceptors (Lipinski definition) is 7. The van der Waals surface area contributed by atoms with Crippen molar-refractivity contribution in [2.24, 2.45) is 5.73 Å². The Hall–Kier alpha value is -3.20. The predicted molar refractivity (Wildman–Crippen MR) is 134 cm³/mol. The first-order valence-corrected chi connectivity index (χ1v) is 13.8. The number of amides is 1. The molecule has 1 aliphatic heterocycles. The Morgan fingerprint density at radius 1 is 1.08 bits per heavy atom. The van der Waals surface area contributed by atoms with E-state index in [0.29, 0.717) is 24.3 Å².